The predicted octanol–water partition coefficient (Wildman–Crippen LogP) is 1.67. The third kappa shape index (κ3) is 1.80. The Hall–Kier alpha value is -2.21. The molecule has 5 nitrogen and oxygen atoms in total. The number of rotatable bonds is 1. The molecule has 2 heterocycles. The monoisotopic (exact) mass is 287 g/mol. The van der Waals surface area contributed by atoms with Gasteiger partial charge in [-0.2, -0.15) is 0 Å². The van der Waals surface area contributed by atoms with E-state index in [1.165, 1.54) is 23.0 Å². The maximum Gasteiger partial charge on any atom is 0.332 e. The van der Waals surface area contributed by atoms with Gasteiger partial charge in [-0.3, -0.25) is 13.9 Å². The van der Waals surface area contributed by atoms with Crippen LogP contribution in [0.2, 0.25) is 0 Å². The minimum Gasteiger partial charge on any atom is -0.280 e. The Kier molecular flexibility index (Phi) is 2.83. The van der Waals surface area contributed by atoms with E-state index in [2.05, 4.69) is 4.98 Å². The number of hydrogen-bond acceptors (Lipinski definition) is 4. The van der Waals surface area contributed by atoms with Gasteiger partial charge in [0.05, 0.1) is 0 Å². The van der Waals surface area contributed by atoms with Crippen LogP contribution < -0.4 is 11.2 Å². The largest absolute Gasteiger partial charge is 0.332 e. The smallest absolute Gasteiger partial charge is 0.280 e. The fraction of sp³-hybridized carbons (Fsp3) is 0.214. The fourth-order valence-electron chi connectivity index (χ4n) is 2.05. The van der Waals surface area contributed by atoms with Crippen molar-refractivity contribution in [3.63, 3.8) is 0 Å². The summed E-state index contributed by atoms with van der Waals surface area (Å²) in [4.78, 5) is 28.4. The lowest BCUT2D eigenvalue weighted by Crippen LogP contribution is -2.36. The number of aryl methyl sites for hydroxylation is 2. The summed E-state index contributed by atoms with van der Waals surface area (Å²) in [6.45, 7) is 2.02. The normalized spacial score (nSPS) is 11.2. The molecule has 2 aromatic heterocycles. The molecule has 0 saturated heterocycles. The van der Waals surface area contributed by atoms with Gasteiger partial charge in [-0.05, 0) is 6.92 Å². The van der Waals surface area contributed by atoms with Gasteiger partial charge >= 0.3 is 5.69 Å². The Morgan fingerprint density at radius 2 is 1.70 bits per heavy atom. The van der Waals surface area contributed by atoms with Crippen LogP contribution in [0.5, 0.6) is 0 Å². The minimum absolute atomic E-state index is 0.293. The van der Waals surface area contributed by atoms with E-state index < -0.39 is 0 Å². The number of benzene rings is 1. The second-order valence-electron chi connectivity index (χ2n) is 4.74. The molecule has 0 atom stereocenters. The van der Waals surface area contributed by atoms with Crippen molar-refractivity contribution in [2.75, 3.05) is 0 Å². The maximum atomic E-state index is 12.1. The lowest BCUT2D eigenvalue weighted by atomic mass is 10.2. The van der Waals surface area contributed by atoms with Gasteiger partial charge in [0.25, 0.3) is 5.56 Å². The summed E-state index contributed by atoms with van der Waals surface area (Å²) in [6, 6.07) is 7.93. The summed E-state index contributed by atoms with van der Waals surface area (Å²) in [5, 5.41) is 0.748. The number of thiazole rings is 1. The molecule has 6 heteroatoms. The van der Waals surface area contributed by atoms with Crippen molar-refractivity contribution in [2.45, 2.75) is 6.92 Å². The third-order valence-corrected chi connectivity index (χ3v) is 4.38. The third-order valence-electron chi connectivity index (χ3n) is 3.30. The van der Waals surface area contributed by atoms with E-state index in [1.807, 2.05) is 31.2 Å². The molecule has 0 saturated carbocycles. The Bertz CT molecular complexity index is 916. The van der Waals surface area contributed by atoms with E-state index >= 15 is 0 Å². The second-order valence-corrected chi connectivity index (χ2v) is 5.74. The molecule has 0 spiro atoms. The molecule has 0 fully saturated rings. The van der Waals surface area contributed by atoms with Crippen LogP contribution in [0.1, 0.15) is 5.56 Å². The van der Waals surface area contributed by atoms with E-state index in [4.69, 9.17) is 0 Å². The standard InChI is InChI=1S/C14H13N3O2S/c1-8-4-6-9(7-5-8)12-15-11-10(20-12)13(18)17(3)14(19)16(11)2/h4-7H,1-3H3. The highest BCUT2D eigenvalue weighted by Crippen LogP contribution is 2.27. The van der Waals surface area contributed by atoms with Crippen LogP contribution in [-0.2, 0) is 14.1 Å². The van der Waals surface area contributed by atoms with E-state index in [0.29, 0.717) is 10.3 Å². The topological polar surface area (TPSA) is 56.9 Å². The van der Waals surface area contributed by atoms with E-state index in [1.54, 1.807) is 7.05 Å². The molecule has 102 valence electrons. The molecule has 3 rings (SSSR count). The zero-order chi connectivity index (χ0) is 14.4. The lowest BCUT2D eigenvalue weighted by molar-refractivity contribution is 0.710. The van der Waals surface area contributed by atoms with Crippen LogP contribution in [0, 0.1) is 6.92 Å². The van der Waals surface area contributed by atoms with E-state index in [0.717, 1.165) is 20.7 Å². The summed E-state index contributed by atoms with van der Waals surface area (Å²) in [5.41, 5.74) is 1.91. The zero-order valence-electron chi connectivity index (χ0n) is 11.4. The van der Waals surface area contributed by atoms with Gasteiger partial charge in [-0.15, -0.1) is 11.3 Å². The van der Waals surface area contributed by atoms with Crippen molar-refractivity contribution in [1.29, 1.82) is 0 Å². The highest BCUT2D eigenvalue weighted by atomic mass is 32.1. The first kappa shape index (κ1) is 12.8. The number of hydrogen-bond donors (Lipinski definition) is 0. The van der Waals surface area contributed by atoms with E-state index in [-0.39, 0.29) is 11.2 Å². The molecule has 0 radical (unpaired) electrons. The van der Waals surface area contributed by atoms with Crippen molar-refractivity contribution < 1.29 is 0 Å². The average Bonchev–Trinajstić information content (AvgIpc) is 2.89. The average molecular weight is 287 g/mol. The van der Waals surface area contributed by atoms with Crippen molar-refractivity contribution in [2.24, 2.45) is 14.1 Å². The van der Waals surface area contributed by atoms with Crippen LogP contribution in [0.15, 0.2) is 33.9 Å². The molecule has 0 aliphatic heterocycles. The van der Waals surface area contributed by atoms with Gasteiger partial charge < -0.3 is 0 Å². The van der Waals surface area contributed by atoms with Crippen molar-refractivity contribution in [1.82, 2.24) is 14.1 Å². The number of aromatic nitrogens is 3. The minimum atomic E-state index is -0.358. The van der Waals surface area contributed by atoms with E-state index in [9.17, 15) is 9.59 Å². The molecule has 0 amide bonds. The summed E-state index contributed by atoms with van der Waals surface area (Å²) >= 11 is 1.32. The molecule has 20 heavy (non-hydrogen) atoms. The molecule has 0 bridgehead atoms. The van der Waals surface area contributed by atoms with Crippen LogP contribution >= 0.6 is 11.3 Å². The highest BCUT2D eigenvalue weighted by Gasteiger charge is 2.14. The van der Waals surface area contributed by atoms with Crippen LogP contribution in [0.25, 0.3) is 20.9 Å². The summed E-state index contributed by atoms with van der Waals surface area (Å²) in [6.07, 6.45) is 0. The maximum absolute atomic E-state index is 12.1. The van der Waals surface area contributed by atoms with Crippen molar-refractivity contribution >= 4 is 21.7 Å². The number of nitrogens with zero attached hydrogens (tertiary/aromatic N) is 3. The molecular weight excluding hydrogens is 274 g/mol. The molecule has 0 unspecified atom stereocenters. The summed E-state index contributed by atoms with van der Waals surface area (Å²) < 4.78 is 3.02. The Labute approximate surface area is 118 Å². The molecule has 0 N–H and O–H groups in total. The first-order chi connectivity index (χ1) is 9.49. The molecular formula is C14H13N3O2S. The quantitative estimate of drug-likeness (QED) is 0.684. The Morgan fingerprint density at radius 3 is 2.35 bits per heavy atom. The van der Waals surface area contributed by atoms with Crippen molar-refractivity contribution in [3.8, 4) is 10.6 Å². The predicted molar refractivity (Wildman–Crippen MR) is 80.3 cm³/mol. The lowest BCUT2D eigenvalue weighted by Gasteiger charge is -2.00. The molecule has 3 aromatic rings. The van der Waals surface area contributed by atoms with Gasteiger partial charge in [0.15, 0.2) is 5.65 Å². The van der Waals surface area contributed by atoms with Crippen LogP contribution in [-0.4, -0.2) is 14.1 Å². The molecule has 0 aliphatic carbocycles. The molecule has 1 aromatic carbocycles. The van der Waals surface area contributed by atoms with Gasteiger partial charge in [-0.25, -0.2) is 9.78 Å². The summed E-state index contributed by atoms with van der Waals surface area (Å²) in [5.74, 6) is 0. The van der Waals surface area contributed by atoms with Crippen LogP contribution in [0.3, 0.4) is 0 Å². The van der Waals surface area contributed by atoms with Crippen LogP contribution in [0.4, 0.5) is 0 Å². The fourth-order valence-corrected chi connectivity index (χ4v) is 3.13. The summed E-state index contributed by atoms with van der Waals surface area (Å²) in [7, 11) is 3.11. The van der Waals surface area contributed by atoms with Gasteiger partial charge in [0, 0.05) is 19.7 Å². The second kappa shape index (κ2) is 4.42. The Balaban J connectivity index is 2.34. The Morgan fingerprint density at radius 1 is 1.05 bits per heavy atom. The van der Waals surface area contributed by atoms with Crippen molar-refractivity contribution in [3.05, 3.63) is 50.7 Å². The first-order valence-corrected chi connectivity index (χ1v) is 6.94. The highest BCUT2D eigenvalue weighted by molar-refractivity contribution is 7.21. The SMILES string of the molecule is Cc1ccc(-c2nc3c(s2)c(=O)n(C)c(=O)n3C)cc1. The molecule has 0 aliphatic rings. The zero-order valence-corrected chi connectivity index (χ0v) is 12.2. The first-order valence-electron chi connectivity index (χ1n) is 6.12. The van der Waals surface area contributed by atoms with Gasteiger partial charge in [-0.1, -0.05) is 29.8 Å². The number of fused-ring (bicyclic) bond motifs is 1. The van der Waals surface area contributed by atoms with Gasteiger partial charge in [0.1, 0.15) is 9.71 Å². The van der Waals surface area contributed by atoms with Gasteiger partial charge in [0.2, 0.25) is 0 Å².